The van der Waals surface area contributed by atoms with Gasteiger partial charge in [0.2, 0.25) is 0 Å². The van der Waals surface area contributed by atoms with Gasteiger partial charge in [-0.3, -0.25) is 14.5 Å². The first kappa shape index (κ1) is 17.9. The molecule has 1 heterocycles. The van der Waals surface area contributed by atoms with Crippen molar-refractivity contribution in [3.63, 3.8) is 0 Å². The number of anilines is 1. The number of hydrogen-bond donors (Lipinski definition) is 0. The van der Waals surface area contributed by atoms with Gasteiger partial charge in [-0.25, -0.2) is 0 Å². The minimum Gasteiger partial charge on any atom is -0.339 e. The molecule has 4 nitrogen and oxygen atoms in total. The Morgan fingerprint density at radius 3 is 2.15 bits per heavy atom. The second-order valence-electron chi connectivity index (χ2n) is 7.01. The van der Waals surface area contributed by atoms with Crippen LogP contribution in [0.5, 0.6) is 0 Å². The number of rotatable bonds is 4. The topological polar surface area (TPSA) is 40.6 Å². The first-order valence-electron chi connectivity index (χ1n) is 8.81. The van der Waals surface area contributed by atoms with Crippen LogP contribution in [0.15, 0.2) is 54.2 Å². The minimum atomic E-state index is -0.244. The van der Waals surface area contributed by atoms with Gasteiger partial charge < -0.3 is 4.90 Å². The summed E-state index contributed by atoms with van der Waals surface area (Å²) in [6, 6.07) is 15.4. The van der Waals surface area contributed by atoms with E-state index in [2.05, 4.69) is 0 Å². The number of likely N-dealkylation sites (N-methyl/N-ethyl adjacent to an activating group) is 1. The largest absolute Gasteiger partial charge is 0.339 e. The Kier molecular flexibility index (Phi) is 4.68. The zero-order valence-electron chi connectivity index (χ0n) is 15.9. The van der Waals surface area contributed by atoms with Crippen molar-refractivity contribution < 1.29 is 9.59 Å². The highest BCUT2D eigenvalue weighted by Gasteiger charge is 2.42. The molecule has 2 amide bonds. The van der Waals surface area contributed by atoms with E-state index in [4.69, 9.17) is 0 Å². The molecule has 4 heteroatoms. The molecule has 1 aliphatic rings. The summed E-state index contributed by atoms with van der Waals surface area (Å²) < 4.78 is 0. The number of amides is 2. The number of aryl methyl sites for hydroxylation is 2. The summed E-state index contributed by atoms with van der Waals surface area (Å²) in [7, 11) is 1.84. The zero-order valence-corrected chi connectivity index (χ0v) is 15.9. The van der Waals surface area contributed by atoms with Gasteiger partial charge in [0.15, 0.2) is 0 Å². The maximum atomic E-state index is 13.2. The smallest absolute Gasteiger partial charge is 0.278 e. The normalized spacial score (nSPS) is 14.6. The number of benzene rings is 2. The van der Waals surface area contributed by atoms with Gasteiger partial charge in [0, 0.05) is 18.8 Å². The molecule has 0 N–H and O–H groups in total. The van der Waals surface area contributed by atoms with Gasteiger partial charge in [-0.1, -0.05) is 42.0 Å². The molecule has 26 heavy (non-hydrogen) atoms. The van der Waals surface area contributed by atoms with Gasteiger partial charge in [0.1, 0.15) is 5.70 Å². The van der Waals surface area contributed by atoms with E-state index in [1.165, 1.54) is 4.90 Å². The van der Waals surface area contributed by atoms with Crippen LogP contribution in [0.1, 0.15) is 30.5 Å². The maximum absolute atomic E-state index is 13.2. The van der Waals surface area contributed by atoms with Crippen LogP contribution in [0, 0.1) is 13.8 Å². The Morgan fingerprint density at radius 2 is 1.58 bits per heavy atom. The van der Waals surface area contributed by atoms with Crippen LogP contribution in [-0.4, -0.2) is 29.8 Å². The van der Waals surface area contributed by atoms with E-state index in [9.17, 15) is 9.59 Å². The maximum Gasteiger partial charge on any atom is 0.278 e. The Morgan fingerprint density at radius 1 is 0.923 bits per heavy atom. The Labute approximate surface area is 154 Å². The number of carbonyl (C=O) groups excluding carboxylic acids is 2. The van der Waals surface area contributed by atoms with Crippen LogP contribution in [0.4, 0.5) is 5.69 Å². The number of hydrogen-bond acceptors (Lipinski definition) is 3. The van der Waals surface area contributed by atoms with E-state index in [1.54, 1.807) is 0 Å². The molecule has 0 aliphatic carbocycles. The van der Waals surface area contributed by atoms with Crippen molar-refractivity contribution in [1.29, 1.82) is 0 Å². The highest BCUT2D eigenvalue weighted by Crippen LogP contribution is 2.35. The van der Waals surface area contributed by atoms with Gasteiger partial charge >= 0.3 is 0 Å². The summed E-state index contributed by atoms with van der Waals surface area (Å²) >= 11 is 0. The molecule has 2 aromatic rings. The average Bonchev–Trinajstić information content (AvgIpc) is 2.85. The van der Waals surface area contributed by atoms with E-state index in [0.29, 0.717) is 11.3 Å². The lowest BCUT2D eigenvalue weighted by Gasteiger charge is -2.23. The lowest BCUT2D eigenvalue weighted by Crippen LogP contribution is -2.39. The molecule has 3 rings (SSSR count). The number of para-hydroxylation sites is 1. The SMILES string of the molecule is Cc1ccc(C2=C(N(C)c3ccccc3)C(=O)N(C(C)C)C2=O)c(C)c1. The summed E-state index contributed by atoms with van der Waals surface area (Å²) in [4.78, 5) is 29.5. The highest BCUT2D eigenvalue weighted by atomic mass is 16.2. The standard InChI is InChI=1S/C22H24N2O2/c1-14(2)24-21(25)19(18-12-11-15(3)13-16(18)4)20(22(24)26)23(5)17-9-7-6-8-10-17/h6-14H,1-5H3. The van der Waals surface area contributed by atoms with Gasteiger partial charge in [-0.2, -0.15) is 0 Å². The Balaban J connectivity index is 2.23. The van der Waals surface area contributed by atoms with Crippen LogP contribution in [0.3, 0.4) is 0 Å². The van der Waals surface area contributed by atoms with Gasteiger partial charge in [-0.05, 0) is 51.0 Å². The zero-order chi connectivity index (χ0) is 19.0. The van der Waals surface area contributed by atoms with E-state index < -0.39 is 0 Å². The fraction of sp³-hybridized carbons (Fsp3) is 0.273. The quantitative estimate of drug-likeness (QED) is 0.786. The molecule has 134 valence electrons. The number of carbonyl (C=O) groups is 2. The summed E-state index contributed by atoms with van der Waals surface area (Å²) in [6.07, 6.45) is 0. The minimum absolute atomic E-state index is 0.197. The second-order valence-corrected chi connectivity index (χ2v) is 7.01. The van der Waals surface area contributed by atoms with Crippen molar-refractivity contribution in [3.05, 3.63) is 70.9 Å². The molecule has 0 saturated heterocycles. The van der Waals surface area contributed by atoms with E-state index >= 15 is 0 Å². The third kappa shape index (κ3) is 2.92. The third-order valence-corrected chi connectivity index (χ3v) is 4.74. The highest BCUT2D eigenvalue weighted by molar-refractivity contribution is 6.37. The van der Waals surface area contributed by atoms with E-state index in [0.717, 1.165) is 22.4 Å². The van der Waals surface area contributed by atoms with Gasteiger partial charge in [0.25, 0.3) is 11.8 Å². The van der Waals surface area contributed by atoms with Crippen LogP contribution in [-0.2, 0) is 9.59 Å². The molecular formula is C22H24N2O2. The van der Waals surface area contributed by atoms with Crippen LogP contribution >= 0.6 is 0 Å². The summed E-state index contributed by atoms with van der Waals surface area (Å²) in [6.45, 7) is 7.72. The fourth-order valence-electron chi connectivity index (χ4n) is 3.43. The average molecular weight is 348 g/mol. The fourth-order valence-corrected chi connectivity index (χ4v) is 3.43. The lowest BCUT2D eigenvalue weighted by molar-refractivity contribution is -0.138. The van der Waals surface area contributed by atoms with Crippen LogP contribution in [0.2, 0.25) is 0 Å². The van der Waals surface area contributed by atoms with Crippen molar-refractivity contribution in [2.45, 2.75) is 33.7 Å². The van der Waals surface area contributed by atoms with Crippen LogP contribution < -0.4 is 4.90 Å². The van der Waals surface area contributed by atoms with E-state index in [-0.39, 0.29) is 17.9 Å². The molecular weight excluding hydrogens is 324 g/mol. The molecule has 0 aromatic heterocycles. The molecule has 0 radical (unpaired) electrons. The molecule has 0 spiro atoms. The Hall–Kier alpha value is -2.88. The molecule has 2 aromatic carbocycles. The second kappa shape index (κ2) is 6.79. The first-order valence-corrected chi connectivity index (χ1v) is 8.81. The predicted octanol–water partition coefficient (Wildman–Crippen LogP) is 3.93. The lowest BCUT2D eigenvalue weighted by atomic mass is 9.97. The molecule has 0 bridgehead atoms. The van der Waals surface area contributed by atoms with Crippen molar-refractivity contribution in [1.82, 2.24) is 4.90 Å². The van der Waals surface area contributed by atoms with E-state index in [1.807, 2.05) is 88.2 Å². The molecule has 1 aliphatic heterocycles. The molecule has 0 atom stereocenters. The van der Waals surface area contributed by atoms with Crippen molar-refractivity contribution >= 4 is 23.1 Å². The molecule has 0 fully saturated rings. The monoisotopic (exact) mass is 348 g/mol. The van der Waals surface area contributed by atoms with Crippen molar-refractivity contribution in [2.75, 3.05) is 11.9 Å². The first-order chi connectivity index (χ1) is 12.3. The Bertz CT molecular complexity index is 898. The van der Waals surface area contributed by atoms with Crippen molar-refractivity contribution in [3.8, 4) is 0 Å². The number of imide groups is 1. The molecule has 0 saturated carbocycles. The van der Waals surface area contributed by atoms with Crippen LogP contribution in [0.25, 0.3) is 5.57 Å². The van der Waals surface area contributed by atoms with Gasteiger partial charge in [-0.15, -0.1) is 0 Å². The molecule has 0 unspecified atom stereocenters. The number of nitrogens with zero attached hydrogens (tertiary/aromatic N) is 2. The predicted molar refractivity (Wildman–Crippen MR) is 105 cm³/mol. The third-order valence-electron chi connectivity index (χ3n) is 4.74. The summed E-state index contributed by atoms with van der Waals surface area (Å²) in [5.41, 5.74) is 4.72. The van der Waals surface area contributed by atoms with Gasteiger partial charge in [0.05, 0.1) is 5.57 Å². The van der Waals surface area contributed by atoms with Crippen molar-refractivity contribution in [2.24, 2.45) is 0 Å². The summed E-state index contributed by atoms with van der Waals surface area (Å²) in [5.74, 6) is -0.471. The summed E-state index contributed by atoms with van der Waals surface area (Å²) in [5, 5.41) is 0.